The van der Waals surface area contributed by atoms with Gasteiger partial charge in [0.2, 0.25) is 5.91 Å². The number of aryl methyl sites for hydroxylation is 2. The normalized spacial score (nSPS) is 18.5. The van der Waals surface area contributed by atoms with Crippen molar-refractivity contribution in [3.63, 3.8) is 0 Å². The maximum Gasteiger partial charge on any atom is 0.237 e. The van der Waals surface area contributed by atoms with Crippen molar-refractivity contribution in [2.24, 2.45) is 0 Å². The number of fused-ring (bicyclic) bond motifs is 1. The molecule has 2 fully saturated rings. The van der Waals surface area contributed by atoms with Gasteiger partial charge in [0.25, 0.3) is 0 Å². The van der Waals surface area contributed by atoms with Gasteiger partial charge >= 0.3 is 0 Å². The molecule has 2 aliphatic rings. The van der Waals surface area contributed by atoms with Gasteiger partial charge in [-0.1, -0.05) is 0 Å². The summed E-state index contributed by atoms with van der Waals surface area (Å²) < 4.78 is 0. The number of nitrogens with zero attached hydrogens (tertiary/aromatic N) is 4. The molecule has 0 spiro atoms. The van der Waals surface area contributed by atoms with Crippen molar-refractivity contribution >= 4 is 44.9 Å². The minimum absolute atomic E-state index is 0.0189. The number of anilines is 1. The van der Waals surface area contributed by atoms with Gasteiger partial charge < -0.3 is 9.80 Å². The number of hydrogen-bond acceptors (Lipinski definition) is 5. The van der Waals surface area contributed by atoms with Gasteiger partial charge in [0.15, 0.2) is 0 Å². The van der Waals surface area contributed by atoms with E-state index in [0.29, 0.717) is 19.0 Å². The van der Waals surface area contributed by atoms with Crippen LogP contribution in [0.2, 0.25) is 0 Å². The Morgan fingerprint density at radius 2 is 1.92 bits per heavy atom. The molecule has 0 aromatic carbocycles. The summed E-state index contributed by atoms with van der Waals surface area (Å²) in [5.74, 6) is 2.67. The Hall–Kier alpha value is -1.40. The summed E-state index contributed by atoms with van der Waals surface area (Å²) in [6.45, 7) is 7.32. The first-order valence-electron chi connectivity index (χ1n) is 8.44. The number of thiophene rings is 1. The number of halogens is 1. The van der Waals surface area contributed by atoms with Crippen molar-refractivity contribution in [1.29, 1.82) is 0 Å². The Morgan fingerprint density at radius 1 is 1.21 bits per heavy atom. The molecule has 0 atom stereocenters. The SMILES string of the molecule is Cc1sc2nc(C3CC3)nc(N3CCN(C(=O)CCl)CC3)c2c1C. The summed E-state index contributed by atoms with van der Waals surface area (Å²) in [5.41, 5.74) is 1.28. The fourth-order valence-corrected chi connectivity index (χ4v) is 4.45. The molecule has 1 aliphatic carbocycles. The molecular formula is C17H21ClN4OS. The van der Waals surface area contributed by atoms with E-state index in [1.165, 1.54) is 28.7 Å². The van der Waals surface area contributed by atoms with Crippen LogP contribution < -0.4 is 4.90 Å². The van der Waals surface area contributed by atoms with Gasteiger partial charge in [0.1, 0.15) is 22.4 Å². The molecule has 1 saturated heterocycles. The molecule has 1 amide bonds. The minimum Gasteiger partial charge on any atom is -0.352 e. The van der Waals surface area contributed by atoms with Gasteiger partial charge in [-0.2, -0.15) is 0 Å². The fraction of sp³-hybridized carbons (Fsp3) is 0.588. The highest BCUT2D eigenvalue weighted by atomic mass is 35.5. The maximum atomic E-state index is 11.8. The van der Waals surface area contributed by atoms with Crippen LogP contribution in [-0.4, -0.2) is 52.8 Å². The van der Waals surface area contributed by atoms with Crippen LogP contribution in [-0.2, 0) is 4.79 Å². The first-order chi connectivity index (χ1) is 11.6. The maximum absolute atomic E-state index is 11.8. The number of rotatable bonds is 3. The molecule has 2 aromatic rings. The molecule has 1 saturated carbocycles. The van der Waals surface area contributed by atoms with E-state index in [2.05, 4.69) is 18.7 Å². The minimum atomic E-state index is 0.0189. The number of carbonyl (C=O) groups excluding carboxylic acids is 1. The number of aromatic nitrogens is 2. The molecular weight excluding hydrogens is 344 g/mol. The summed E-state index contributed by atoms with van der Waals surface area (Å²) in [7, 11) is 0. The van der Waals surface area contributed by atoms with Crippen molar-refractivity contribution in [2.45, 2.75) is 32.6 Å². The summed E-state index contributed by atoms with van der Waals surface area (Å²) in [6.07, 6.45) is 2.40. The molecule has 7 heteroatoms. The molecule has 3 heterocycles. The average Bonchev–Trinajstić information content (AvgIpc) is 3.41. The van der Waals surface area contributed by atoms with Gasteiger partial charge in [-0.15, -0.1) is 22.9 Å². The molecule has 2 aromatic heterocycles. The van der Waals surface area contributed by atoms with Gasteiger partial charge in [-0.05, 0) is 32.3 Å². The second-order valence-corrected chi connectivity index (χ2v) is 8.12. The van der Waals surface area contributed by atoms with E-state index in [1.54, 1.807) is 11.3 Å². The van der Waals surface area contributed by atoms with E-state index in [4.69, 9.17) is 21.6 Å². The molecule has 128 valence electrons. The third kappa shape index (κ3) is 2.75. The number of carbonyl (C=O) groups is 1. The first-order valence-corrected chi connectivity index (χ1v) is 9.80. The van der Waals surface area contributed by atoms with Gasteiger partial charge in [-0.3, -0.25) is 4.79 Å². The topological polar surface area (TPSA) is 49.3 Å². The zero-order valence-electron chi connectivity index (χ0n) is 14.0. The van der Waals surface area contributed by atoms with Crippen LogP contribution in [0.25, 0.3) is 10.2 Å². The molecule has 0 N–H and O–H groups in total. The van der Waals surface area contributed by atoms with Gasteiger partial charge in [0, 0.05) is 37.0 Å². The average molecular weight is 365 g/mol. The molecule has 0 radical (unpaired) electrons. The standard InChI is InChI=1S/C17H21ClN4OS/c1-10-11(2)24-17-14(10)16(19-15(20-17)12-3-4-12)22-7-5-21(6-8-22)13(23)9-18/h12H,3-9H2,1-2H3. The van der Waals surface area contributed by atoms with Crippen LogP contribution in [0.3, 0.4) is 0 Å². The molecule has 0 bridgehead atoms. The van der Waals surface area contributed by atoms with Crippen molar-refractivity contribution in [3.8, 4) is 0 Å². The number of alkyl halides is 1. The summed E-state index contributed by atoms with van der Waals surface area (Å²) in [5, 5.41) is 1.19. The van der Waals surface area contributed by atoms with E-state index in [9.17, 15) is 4.79 Å². The Labute approximate surface area is 150 Å². The van der Waals surface area contributed by atoms with Gasteiger partial charge in [0.05, 0.1) is 5.39 Å². The van der Waals surface area contributed by atoms with Crippen LogP contribution >= 0.6 is 22.9 Å². The lowest BCUT2D eigenvalue weighted by Gasteiger charge is -2.35. The second kappa shape index (κ2) is 6.15. The predicted octanol–water partition coefficient (Wildman–Crippen LogP) is 3.07. The summed E-state index contributed by atoms with van der Waals surface area (Å²) in [6, 6.07) is 0. The lowest BCUT2D eigenvalue weighted by Crippen LogP contribution is -2.49. The molecule has 4 rings (SSSR count). The van der Waals surface area contributed by atoms with Crippen molar-refractivity contribution in [2.75, 3.05) is 37.0 Å². The Bertz CT molecular complexity index is 793. The van der Waals surface area contributed by atoms with E-state index in [0.717, 1.165) is 29.6 Å². The van der Waals surface area contributed by atoms with Crippen LogP contribution in [0.4, 0.5) is 5.82 Å². The lowest BCUT2D eigenvalue weighted by atomic mass is 10.2. The van der Waals surface area contributed by atoms with E-state index < -0.39 is 0 Å². The summed E-state index contributed by atoms with van der Waals surface area (Å²) >= 11 is 7.44. The monoisotopic (exact) mass is 364 g/mol. The third-order valence-corrected chi connectivity index (χ3v) is 6.35. The Kier molecular flexibility index (Phi) is 4.12. The number of hydrogen-bond donors (Lipinski definition) is 0. The largest absolute Gasteiger partial charge is 0.352 e. The highest BCUT2D eigenvalue weighted by Crippen LogP contribution is 2.42. The fourth-order valence-electron chi connectivity index (χ4n) is 3.25. The van der Waals surface area contributed by atoms with E-state index in [-0.39, 0.29) is 11.8 Å². The molecule has 0 unspecified atom stereocenters. The third-order valence-electron chi connectivity index (χ3n) is 5.02. The lowest BCUT2D eigenvalue weighted by molar-refractivity contribution is -0.128. The molecule has 1 aliphatic heterocycles. The van der Waals surface area contributed by atoms with Crippen molar-refractivity contribution < 1.29 is 4.79 Å². The number of piperazine rings is 1. The van der Waals surface area contributed by atoms with Gasteiger partial charge in [-0.25, -0.2) is 9.97 Å². The summed E-state index contributed by atoms with van der Waals surface area (Å²) in [4.78, 5) is 28.1. The highest BCUT2D eigenvalue weighted by molar-refractivity contribution is 7.18. The van der Waals surface area contributed by atoms with Crippen LogP contribution in [0.5, 0.6) is 0 Å². The highest BCUT2D eigenvalue weighted by Gasteiger charge is 2.30. The van der Waals surface area contributed by atoms with E-state index in [1.807, 2.05) is 4.90 Å². The molecule has 5 nitrogen and oxygen atoms in total. The van der Waals surface area contributed by atoms with Crippen molar-refractivity contribution in [1.82, 2.24) is 14.9 Å². The molecule has 24 heavy (non-hydrogen) atoms. The zero-order chi connectivity index (χ0) is 16.8. The Morgan fingerprint density at radius 3 is 2.54 bits per heavy atom. The smallest absolute Gasteiger partial charge is 0.237 e. The predicted molar refractivity (Wildman–Crippen MR) is 98.4 cm³/mol. The quantitative estimate of drug-likeness (QED) is 0.785. The van der Waals surface area contributed by atoms with E-state index >= 15 is 0 Å². The van der Waals surface area contributed by atoms with Crippen LogP contribution in [0.1, 0.15) is 35.0 Å². The van der Waals surface area contributed by atoms with Crippen molar-refractivity contribution in [3.05, 3.63) is 16.3 Å². The Balaban J connectivity index is 1.69. The second-order valence-electron chi connectivity index (χ2n) is 6.64. The van der Waals surface area contributed by atoms with Crippen LogP contribution in [0.15, 0.2) is 0 Å². The zero-order valence-corrected chi connectivity index (χ0v) is 15.6. The van der Waals surface area contributed by atoms with Crippen LogP contribution in [0, 0.1) is 13.8 Å². The first kappa shape index (κ1) is 16.1. The number of amides is 1.